The molecule has 5 heteroatoms. The lowest BCUT2D eigenvalue weighted by atomic mass is 10.2. The summed E-state index contributed by atoms with van der Waals surface area (Å²) in [7, 11) is 1.48. The molecule has 1 N–H and O–H groups in total. The fourth-order valence-electron chi connectivity index (χ4n) is 1.25. The van der Waals surface area contributed by atoms with Crippen LogP contribution in [-0.4, -0.2) is 32.1 Å². The van der Waals surface area contributed by atoms with E-state index >= 15 is 0 Å². The minimum Gasteiger partial charge on any atom is -0.493 e. The molecular weight excluding hydrogens is 234 g/mol. The summed E-state index contributed by atoms with van der Waals surface area (Å²) in [6.07, 6.45) is 0.116. The molecule has 5 nitrogen and oxygen atoms in total. The van der Waals surface area contributed by atoms with Crippen LogP contribution in [0.15, 0.2) is 24.3 Å². The van der Waals surface area contributed by atoms with Crippen molar-refractivity contribution < 1.29 is 19.1 Å². The maximum Gasteiger partial charge on any atom is 0.309 e. The SMILES string of the molecule is CNC(=O)COC(=O)CCOc1cccc(C)c1. The molecule has 0 atom stereocenters. The van der Waals surface area contributed by atoms with Gasteiger partial charge < -0.3 is 14.8 Å². The fraction of sp³-hybridized carbons (Fsp3) is 0.385. The van der Waals surface area contributed by atoms with Crippen LogP contribution in [-0.2, 0) is 14.3 Å². The first-order valence-corrected chi connectivity index (χ1v) is 5.67. The van der Waals surface area contributed by atoms with Gasteiger partial charge in [0.15, 0.2) is 6.61 Å². The van der Waals surface area contributed by atoms with Crippen LogP contribution in [0.3, 0.4) is 0 Å². The van der Waals surface area contributed by atoms with Crippen molar-refractivity contribution in [1.82, 2.24) is 5.32 Å². The van der Waals surface area contributed by atoms with Gasteiger partial charge in [-0.15, -0.1) is 0 Å². The van der Waals surface area contributed by atoms with E-state index in [-0.39, 0.29) is 25.5 Å². The van der Waals surface area contributed by atoms with E-state index in [0.717, 1.165) is 5.56 Å². The molecule has 0 saturated heterocycles. The second-order valence-corrected chi connectivity index (χ2v) is 3.75. The van der Waals surface area contributed by atoms with Crippen molar-refractivity contribution >= 4 is 11.9 Å². The number of benzene rings is 1. The largest absolute Gasteiger partial charge is 0.493 e. The Balaban J connectivity index is 2.21. The van der Waals surface area contributed by atoms with Gasteiger partial charge in [0.1, 0.15) is 5.75 Å². The Kier molecular flexibility index (Phi) is 5.70. The number of carbonyl (C=O) groups excluding carboxylic acids is 2. The zero-order valence-electron chi connectivity index (χ0n) is 10.6. The van der Waals surface area contributed by atoms with Gasteiger partial charge in [-0.25, -0.2) is 0 Å². The third-order valence-electron chi connectivity index (χ3n) is 2.21. The van der Waals surface area contributed by atoms with Crippen molar-refractivity contribution in [2.75, 3.05) is 20.3 Å². The van der Waals surface area contributed by atoms with Gasteiger partial charge in [0.2, 0.25) is 0 Å². The number of esters is 1. The van der Waals surface area contributed by atoms with E-state index in [1.54, 1.807) is 0 Å². The zero-order chi connectivity index (χ0) is 13.4. The topological polar surface area (TPSA) is 64.6 Å². The quantitative estimate of drug-likeness (QED) is 0.768. The lowest BCUT2D eigenvalue weighted by Gasteiger charge is -2.07. The van der Waals surface area contributed by atoms with E-state index in [0.29, 0.717) is 5.75 Å². The molecule has 0 aliphatic heterocycles. The Morgan fingerprint density at radius 2 is 2.11 bits per heavy atom. The van der Waals surface area contributed by atoms with Gasteiger partial charge in [0, 0.05) is 7.05 Å². The molecule has 0 unspecified atom stereocenters. The number of hydrogen-bond acceptors (Lipinski definition) is 4. The Hall–Kier alpha value is -2.04. The van der Waals surface area contributed by atoms with E-state index in [1.165, 1.54) is 7.05 Å². The van der Waals surface area contributed by atoms with Crippen molar-refractivity contribution in [3.05, 3.63) is 29.8 Å². The summed E-state index contributed by atoms with van der Waals surface area (Å²) in [6.45, 7) is 1.94. The molecule has 98 valence electrons. The second-order valence-electron chi connectivity index (χ2n) is 3.75. The maximum absolute atomic E-state index is 11.2. The molecule has 0 aliphatic carbocycles. The number of carbonyl (C=O) groups is 2. The molecule has 0 spiro atoms. The first-order valence-electron chi connectivity index (χ1n) is 5.67. The van der Waals surface area contributed by atoms with Crippen LogP contribution >= 0.6 is 0 Å². The molecular formula is C13H17NO4. The number of hydrogen-bond donors (Lipinski definition) is 1. The summed E-state index contributed by atoms with van der Waals surface area (Å²) in [4.78, 5) is 22.1. The van der Waals surface area contributed by atoms with E-state index in [1.807, 2.05) is 31.2 Å². The van der Waals surface area contributed by atoms with Gasteiger partial charge in [-0.05, 0) is 24.6 Å². The highest BCUT2D eigenvalue weighted by molar-refractivity contribution is 5.80. The number of ether oxygens (including phenoxy) is 2. The van der Waals surface area contributed by atoms with Crippen molar-refractivity contribution in [3.8, 4) is 5.75 Å². The predicted octanol–water partition coefficient (Wildman–Crippen LogP) is 1.05. The summed E-state index contributed by atoms with van der Waals surface area (Å²) >= 11 is 0. The molecule has 0 radical (unpaired) electrons. The Morgan fingerprint density at radius 1 is 1.33 bits per heavy atom. The van der Waals surface area contributed by atoms with Crippen molar-refractivity contribution in [2.24, 2.45) is 0 Å². The smallest absolute Gasteiger partial charge is 0.309 e. The minimum atomic E-state index is -0.453. The van der Waals surface area contributed by atoms with Crippen LogP contribution in [0.25, 0.3) is 0 Å². The van der Waals surface area contributed by atoms with Crippen molar-refractivity contribution in [2.45, 2.75) is 13.3 Å². The summed E-state index contributed by atoms with van der Waals surface area (Å²) in [6, 6.07) is 7.55. The predicted molar refractivity (Wildman–Crippen MR) is 66.3 cm³/mol. The molecule has 0 aliphatic rings. The van der Waals surface area contributed by atoms with Crippen LogP contribution in [0.4, 0.5) is 0 Å². The van der Waals surface area contributed by atoms with E-state index in [9.17, 15) is 9.59 Å². The average molecular weight is 251 g/mol. The number of rotatable bonds is 6. The van der Waals surface area contributed by atoms with Gasteiger partial charge in [-0.3, -0.25) is 9.59 Å². The number of amides is 1. The maximum atomic E-state index is 11.2. The first kappa shape index (κ1) is 14.0. The Morgan fingerprint density at radius 3 is 2.78 bits per heavy atom. The molecule has 18 heavy (non-hydrogen) atoms. The molecule has 1 rings (SSSR count). The second kappa shape index (κ2) is 7.32. The third kappa shape index (κ3) is 5.34. The van der Waals surface area contributed by atoms with Gasteiger partial charge in [0.25, 0.3) is 5.91 Å². The Labute approximate surface area is 106 Å². The van der Waals surface area contributed by atoms with Crippen LogP contribution in [0.2, 0.25) is 0 Å². The molecule has 1 aromatic rings. The number of nitrogens with one attached hydrogen (secondary N) is 1. The molecule has 1 aromatic carbocycles. The molecule has 0 bridgehead atoms. The molecule has 0 fully saturated rings. The molecule has 0 saturated carbocycles. The van der Waals surface area contributed by atoms with Gasteiger partial charge in [-0.1, -0.05) is 12.1 Å². The van der Waals surface area contributed by atoms with Crippen LogP contribution in [0.1, 0.15) is 12.0 Å². The minimum absolute atomic E-state index is 0.116. The average Bonchev–Trinajstić information content (AvgIpc) is 2.36. The van der Waals surface area contributed by atoms with Gasteiger partial charge >= 0.3 is 5.97 Å². The summed E-state index contributed by atoms with van der Waals surface area (Å²) < 4.78 is 10.1. The van der Waals surface area contributed by atoms with Gasteiger partial charge in [0.05, 0.1) is 13.0 Å². The van der Waals surface area contributed by atoms with E-state index in [2.05, 4.69) is 5.32 Å². The van der Waals surface area contributed by atoms with E-state index < -0.39 is 5.97 Å². The fourth-order valence-corrected chi connectivity index (χ4v) is 1.25. The highest BCUT2D eigenvalue weighted by Gasteiger charge is 2.06. The first-order chi connectivity index (χ1) is 8.61. The summed E-state index contributed by atoms with van der Waals surface area (Å²) in [5.41, 5.74) is 1.09. The lowest BCUT2D eigenvalue weighted by Crippen LogP contribution is -2.25. The number of likely N-dealkylation sites (N-methyl/N-ethyl adjacent to an activating group) is 1. The summed E-state index contributed by atoms with van der Waals surface area (Å²) in [5.74, 6) is -0.0664. The summed E-state index contributed by atoms with van der Waals surface area (Å²) in [5, 5.41) is 2.36. The number of aryl methyl sites for hydroxylation is 1. The van der Waals surface area contributed by atoms with E-state index in [4.69, 9.17) is 9.47 Å². The highest BCUT2D eigenvalue weighted by atomic mass is 16.5. The molecule has 1 amide bonds. The van der Waals surface area contributed by atoms with Gasteiger partial charge in [-0.2, -0.15) is 0 Å². The van der Waals surface area contributed by atoms with Crippen LogP contribution in [0, 0.1) is 6.92 Å². The van der Waals surface area contributed by atoms with Crippen molar-refractivity contribution in [1.29, 1.82) is 0 Å². The van der Waals surface area contributed by atoms with Crippen LogP contribution in [0.5, 0.6) is 5.75 Å². The molecule has 0 aromatic heterocycles. The lowest BCUT2D eigenvalue weighted by molar-refractivity contribution is -0.148. The zero-order valence-corrected chi connectivity index (χ0v) is 10.6. The standard InChI is InChI=1S/C13H17NO4/c1-10-4-3-5-11(8-10)17-7-6-13(16)18-9-12(15)14-2/h3-5,8H,6-7,9H2,1-2H3,(H,14,15). The normalized spacial score (nSPS) is 9.67. The van der Waals surface area contributed by atoms with Crippen LogP contribution < -0.4 is 10.1 Å². The Bertz CT molecular complexity index is 417. The van der Waals surface area contributed by atoms with Crippen molar-refractivity contribution in [3.63, 3.8) is 0 Å². The highest BCUT2D eigenvalue weighted by Crippen LogP contribution is 2.12. The third-order valence-corrected chi connectivity index (χ3v) is 2.21. The molecule has 0 heterocycles. The monoisotopic (exact) mass is 251 g/mol.